The van der Waals surface area contributed by atoms with E-state index in [-0.39, 0.29) is 11.7 Å². The number of aromatic nitrogens is 3. The maximum Gasteiger partial charge on any atom is 0.234 e. The second-order valence-corrected chi connectivity index (χ2v) is 7.70. The number of rotatable bonds is 4. The van der Waals surface area contributed by atoms with Gasteiger partial charge in [0.1, 0.15) is 0 Å². The molecule has 4 aromatic rings. The molecule has 0 fully saturated rings. The van der Waals surface area contributed by atoms with Gasteiger partial charge in [-0.25, -0.2) is 0 Å². The summed E-state index contributed by atoms with van der Waals surface area (Å²) in [6.45, 7) is 4.14. The Hall–Kier alpha value is -2.57. The van der Waals surface area contributed by atoms with E-state index >= 15 is 0 Å². The van der Waals surface area contributed by atoms with Crippen LogP contribution in [0.3, 0.4) is 0 Å². The number of hydrogen-bond acceptors (Lipinski definition) is 4. The molecule has 0 saturated heterocycles. The lowest BCUT2D eigenvalue weighted by Gasteiger charge is -2.10. The van der Waals surface area contributed by atoms with Gasteiger partial charge in [-0.2, -0.15) is 0 Å². The number of carbonyl (C=O) groups excluding carboxylic acids is 1. The SMILES string of the molecule is Cc1cc2nnc(SCC(=O)Nc3cccc(Cl)c3)n2c2c(C)cccc12. The lowest BCUT2D eigenvalue weighted by molar-refractivity contribution is -0.113. The predicted molar refractivity (Wildman–Crippen MR) is 111 cm³/mol. The van der Waals surface area contributed by atoms with Gasteiger partial charge in [0.25, 0.3) is 0 Å². The van der Waals surface area contributed by atoms with Gasteiger partial charge in [-0.15, -0.1) is 10.2 Å². The van der Waals surface area contributed by atoms with Crippen LogP contribution in [0.2, 0.25) is 5.02 Å². The van der Waals surface area contributed by atoms with E-state index in [0.29, 0.717) is 15.9 Å². The number of benzene rings is 2. The van der Waals surface area contributed by atoms with Gasteiger partial charge < -0.3 is 5.32 Å². The molecule has 136 valence electrons. The van der Waals surface area contributed by atoms with Gasteiger partial charge in [-0.1, -0.05) is 47.6 Å². The number of nitrogens with one attached hydrogen (secondary N) is 1. The summed E-state index contributed by atoms with van der Waals surface area (Å²) in [5, 5.41) is 13.9. The fourth-order valence-electron chi connectivity index (χ4n) is 3.12. The molecule has 4 rings (SSSR count). The first-order valence-electron chi connectivity index (χ1n) is 8.45. The summed E-state index contributed by atoms with van der Waals surface area (Å²) in [5.74, 6) is 0.112. The zero-order valence-corrected chi connectivity index (χ0v) is 16.4. The van der Waals surface area contributed by atoms with Gasteiger partial charge in [0.2, 0.25) is 5.91 Å². The van der Waals surface area contributed by atoms with Crippen LogP contribution in [0.25, 0.3) is 16.6 Å². The van der Waals surface area contributed by atoms with E-state index in [1.165, 1.54) is 11.8 Å². The van der Waals surface area contributed by atoms with Gasteiger partial charge in [-0.05, 0) is 49.2 Å². The summed E-state index contributed by atoms with van der Waals surface area (Å²) in [6, 6.07) is 15.3. The topological polar surface area (TPSA) is 59.3 Å². The van der Waals surface area contributed by atoms with Crippen molar-refractivity contribution < 1.29 is 4.79 Å². The number of thioether (sulfide) groups is 1. The van der Waals surface area contributed by atoms with E-state index < -0.39 is 0 Å². The van der Waals surface area contributed by atoms with Crippen molar-refractivity contribution in [2.45, 2.75) is 19.0 Å². The molecular weight excluding hydrogens is 380 g/mol. The lowest BCUT2D eigenvalue weighted by atomic mass is 10.1. The molecule has 2 aromatic carbocycles. The fraction of sp³-hybridized carbons (Fsp3) is 0.150. The Morgan fingerprint density at radius 2 is 1.93 bits per heavy atom. The van der Waals surface area contributed by atoms with Gasteiger partial charge in [0.15, 0.2) is 10.8 Å². The molecule has 0 aliphatic rings. The van der Waals surface area contributed by atoms with E-state index in [9.17, 15) is 4.79 Å². The van der Waals surface area contributed by atoms with Gasteiger partial charge >= 0.3 is 0 Å². The van der Waals surface area contributed by atoms with E-state index in [1.807, 2.05) is 16.5 Å². The van der Waals surface area contributed by atoms with Gasteiger partial charge in [-0.3, -0.25) is 9.20 Å². The number of fused-ring (bicyclic) bond motifs is 3. The monoisotopic (exact) mass is 396 g/mol. The first-order valence-corrected chi connectivity index (χ1v) is 9.81. The first-order chi connectivity index (χ1) is 13.0. The van der Waals surface area contributed by atoms with Crippen LogP contribution in [0, 0.1) is 13.8 Å². The van der Waals surface area contributed by atoms with E-state index in [2.05, 4.69) is 41.5 Å². The molecule has 1 N–H and O–H groups in total. The Morgan fingerprint density at radius 3 is 2.74 bits per heavy atom. The molecule has 0 saturated carbocycles. The van der Waals surface area contributed by atoms with Crippen molar-refractivity contribution in [1.29, 1.82) is 0 Å². The summed E-state index contributed by atoms with van der Waals surface area (Å²) in [5.41, 5.74) is 4.84. The van der Waals surface area contributed by atoms with E-state index in [4.69, 9.17) is 11.6 Å². The number of amides is 1. The number of nitrogens with zero attached hydrogens (tertiary/aromatic N) is 3. The van der Waals surface area contributed by atoms with Crippen LogP contribution in [0.5, 0.6) is 0 Å². The summed E-state index contributed by atoms with van der Waals surface area (Å²) in [7, 11) is 0. The molecule has 0 unspecified atom stereocenters. The van der Waals surface area contributed by atoms with Crippen molar-refractivity contribution >= 4 is 51.5 Å². The van der Waals surface area contributed by atoms with Gasteiger partial charge in [0, 0.05) is 16.1 Å². The van der Waals surface area contributed by atoms with Crippen molar-refractivity contribution in [3.63, 3.8) is 0 Å². The van der Waals surface area contributed by atoms with Crippen LogP contribution in [-0.4, -0.2) is 26.3 Å². The Kier molecular flexibility index (Phi) is 4.76. The number of aryl methyl sites for hydroxylation is 2. The van der Waals surface area contributed by atoms with Crippen molar-refractivity contribution in [3.05, 3.63) is 64.7 Å². The summed E-state index contributed by atoms with van der Waals surface area (Å²) < 4.78 is 2.02. The third-order valence-corrected chi connectivity index (χ3v) is 5.49. The number of para-hydroxylation sites is 1. The van der Waals surface area contributed by atoms with E-state index in [1.54, 1.807) is 24.3 Å². The zero-order valence-electron chi connectivity index (χ0n) is 14.9. The normalized spacial score (nSPS) is 11.2. The Bertz CT molecular complexity index is 1170. The van der Waals surface area contributed by atoms with Crippen molar-refractivity contribution in [3.8, 4) is 0 Å². The highest BCUT2D eigenvalue weighted by atomic mass is 35.5. The second-order valence-electron chi connectivity index (χ2n) is 6.32. The second kappa shape index (κ2) is 7.21. The zero-order chi connectivity index (χ0) is 19.0. The van der Waals surface area contributed by atoms with Crippen LogP contribution in [0.15, 0.2) is 53.7 Å². The fourth-order valence-corrected chi connectivity index (χ4v) is 4.05. The summed E-state index contributed by atoms with van der Waals surface area (Å²) in [4.78, 5) is 12.3. The molecule has 0 atom stereocenters. The highest BCUT2D eigenvalue weighted by Gasteiger charge is 2.14. The predicted octanol–water partition coefficient (Wildman–Crippen LogP) is 4.88. The molecular formula is C20H17ClN4OS. The Morgan fingerprint density at radius 1 is 1.11 bits per heavy atom. The van der Waals surface area contributed by atoms with Crippen molar-refractivity contribution in [2.75, 3.05) is 11.1 Å². The average molecular weight is 397 g/mol. The summed E-state index contributed by atoms with van der Waals surface area (Å²) >= 11 is 7.32. The maximum atomic E-state index is 12.3. The van der Waals surface area contributed by atoms with Crippen LogP contribution in [-0.2, 0) is 4.79 Å². The molecule has 2 heterocycles. The molecule has 2 aromatic heterocycles. The van der Waals surface area contributed by atoms with Crippen LogP contribution in [0.4, 0.5) is 5.69 Å². The molecule has 0 aliphatic heterocycles. The molecule has 0 spiro atoms. The summed E-state index contributed by atoms with van der Waals surface area (Å²) in [6.07, 6.45) is 0. The van der Waals surface area contributed by atoms with Crippen LogP contribution >= 0.6 is 23.4 Å². The molecule has 0 bridgehead atoms. The quantitative estimate of drug-likeness (QED) is 0.499. The minimum Gasteiger partial charge on any atom is -0.325 e. The molecule has 0 radical (unpaired) electrons. The number of halogens is 1. The average Bonchev–Trinajstić information content (AvgIpc) is 3.03. The molecule has 7 heteroatoms. The highest BCUT2D eigenvalue weighted by Crippen LogP contribution is 2.28. The number of anilines is 1. The number of pyridine rings is 1. The minimum absolute atomic E-state index is 0.118. The maximum absolute atomic E-state index is 12.3. The Labute approximate surface area is 165 Å². The van der Waals surface area contributed by atoms with E-state index in [0.717, 1.165) is 27.7 Å². The highest BCUT2D eigenvalue weighted by molar-refractivity contribution is 7.99. The number of hydrogen-bond donors (Lipinski definition) is 1. The smallest absolute Gasteiger partial charge is 0.234 e. The molecule has 5 nitrogen and oxygen atoms in total. The first kappa shape index (κ1) is 17.8. The largest absolute Gasteiger partial charge is 0.325 e. The minimum atomic E-state index is -0.118. The van der Waals surface area contributed by atoms with Crippen molar-refractivity contribution in [1.82, 2.24) is 14.6 Å². The standard InChI is InChI=1S/C20H17ClN4OS/c1-12-5-3-8-16-13(2)9-17-23-24-20(25(17)19(12)16)27-11-18(26)22-15-7-4-6-14(21)10-15/h3-10H,11H2,1-2H3,(H,22,26). The Balaban J connectivity index is 1.62. The molecule has 1 amide bonds. The number of carbonyl (C=O) groups is 1. The van der Waals surface area contributed by atoms with Crippen LogP contribution < -0.4 is 5.32 Å². The third-order valence-electron chi connectivity index (χ3n) is 4.33. The third kappa shape index (κ3) is 3.50. The lowest BCUT2D eigenvalue weighted by Crippen LogP contribution is -2.14. The van der Waals surface area contributed by atoms with Crippen molar-refractivity contribution in [2.24, 2.45) is 0 Å². The molecule has 27 heavy (non-hydrogen) atoms. The van der Waals surface area contributed by atoms with Gasteiger partial charge in [0.05, 0.1) is 11.3 Å². The molecule has 0 aliphatic carbocycles. The van der Waals surface area contributed by atoms with Crippen LogP contribution in [0.1, 0.15) is 11.1 Å².